The Hall–Kier alpha value is -0.890. The summed E-state index contributed by atoms with van der Waals surface area (Å²) in [6.07, 6.45) is 2.63. The highest BCUT2D eigenvalue weighted by Gasteiger charge is 2.25. The predicted octanol–water partition coefficient (Wildman–Crippen LogP) is 2.42. The number of hydrogen-bond acceptors (Lipinski definition) is 1. The summed E-state index contributed by atoms with van der Waals surface area (Å²) >= 11 is 0. The molecular formula is C11H14FN. The maximum absolute atomic E-state index is 12.6. The fourth-order valence-corrected chi connectivity index (χ4v) is 1.52. The van der Waals surface area contributed by atoms with Crippen LogP contribution in [0.5, 0.6) is 0 Å². The van der Waals surface area contributed by atoms with E-state index in [1.165, 1.54) is 30.5 Å². The topological polar surface area (TPSA) is 3.24 Å². The SMILES string of the molecule is CN(Cc1ccc(F)cc1)C1CC1. The number of halogens is 1. The molecule has 0 aromatic heterocycles. The maximum atomic E-state index is 12.6. The van der Waals surface area contributed by atoms with Crippen molar-refractivity contribution in [3.63, 3.8) is 0 Å². The normalized spacial score (nSPS) is 16.5. The molecular weight excluding hydrogens is 165 g/mol. The molecule has 1 aliphatic carbocycles. The van der Waals surface area contributed by atoms with E-state index in [1.807, 2.05) is 12.1 Å². The van der Waals surface area contributed by atoms with Gasteiger partial charge >= 0.3 is 0 Å². The van der Waals surface area contributed by atoms with E-state index in [2.05, 4.69) is 11.9 Å². The highest BCUT2D eigenvalue weighted by atomic mass is 19.1. The molecule has 13 heavy (non-hydrogen) atoms. The second kappa shape index (κ2) is 3.46. The molecule has 1 nitrogen and oxygen atoms in total. The zero-order chi connectivity index (χ0) is 9.26. The van der Waals surface area contributed by atoms with Crippen molar-refractivity contribution in [1.29, 1.82) is 0 Å². The van der Waals surface area contributed by atoms with Crippen LogP contribution in [-0.4, -0.2) is 18.0 Å². The molecule has 1 fully saturated rings. The number of hydrogen-bond donors (Lipinski definition) is 0. The van der Waals surface area contributed by atoms with Gasteiger partial charge in [-0.1, -0.05) is 12.1 Å². The van der Waals surface area contributed by atoms with Gasteiger partial charge in [0.25, 0.3) is 0 Å². The third-order valence-corrected chi connectivity index (χ3v) is 2.52. The van der Waals surface area contributed by atoms with E-state index in [-0.39, 0.29) is 5.82 Å². The minimum Gasteiger partial charge on any atom is -0.299 e. The summed E-state index contributed by atoms with van der Waals surface area (Å²) in [4.78, 5) is 2.33. The fraction of sp³-hybridized carbons (Fsp3) is 0.455. The summed E-state index contributed by atoms with van der Waals surface area (Å²) in [7, 11) is 2.13. The second-order valence-electron chi connectivity index (χ2n) is 3.77. The van der Waals surface area contributed by atoms with E-state index in [0.717, 1.165) is 12.6 Å². The number of nitrogens with zero attached hydrogens (tertiary/aromatic N) is 1. The first kappa shape index (κ1) is 8.70. The Morgan fingerprint density at radius 3 is 2.46 bits per heavy atom. The van der Waals surface area contributed by atoms with Crippen LogP contribution in [-0.2, 0) is 6.54 Å². The lowest BCUT2D eigenvalue weighted by Crippen LogP contribution is -2.19. The predicted molar refractivity (Wildman–Crippen MR) is 50.9 cm³/mol. The van der Waals surface area contributed by atoms with Crippen molar-refractivity contribution >= 4 is 0 Å². The van der Waals surface area contributed by atoms with Crippen molar-refractivity contribution in [2.75, 3.05) is 7.05 Å². The molecule has 0 amide bonds. The van der Waals surface area contributed by atoms with Gasteiger partial charge in [-0.25, -0.2) is 4.39 Å². The van der Waals surface area contributed by atoms with Gasteiger partial charge in [0.1, 0.15) is 5.82 Å². The number of rotatable bonds is 3. The van der Waals surface area contributed by atoms with Crippen LogP contribution in [0.15, 0.2) is 24.3 Å². The second-order valence-corrected chi connectivity index (χ2v) is 3.77. The molecule has 0 unspecified atom stereocenters. The van der Waals surface area contributed by atoms with E-state index in [4.69, 9.17) is 0 Å². The molecule has 70 valence electrons. The van der Waals surface area contributed by atoms with Crippen LogP contribution in [0.1, 0.15) is 18.4 Å². The van der Waals surface area contributed by atoms with E-state index < -0.39 is 0 Å². The van der Waals surface area contributed by atoms with Gasteiger partial charge in [0.05, 0.1) is 0 Å². The first-order chi connectivity index (χ1) is 6.25. The Morgan fingerprint density at radius 2 is 1.92 bits per heavy atom. The van der Waals surface area contributed by atoms with E-state index >= 15 is 0 Å². The zero-order valence-corrected chi connectivity index (χ0v) is 7.83. The Labute approximate surface area is 78.2 Å². The zero-order valence-electron chi connectivity index (χ0n) is 7.83. The molecule has 2 heteroatoms. The third-order valence-electron chi connectivity index (χ3n) is 2.52. The van der Waals surface area contributed by atoms with Gasteiger partial charge in [-0.05, 0) is 37.6 Å². The Kier molecular flexibility index (Phi) is 2.32. The van der Waals surface area contributed by atoms with Crippen molar-refractivity contribution in [2.24, 2.45) is 0 Å². The highest BCUT2D eigenvalue weighted by Crippen LogP contribution is 2.26. The standard InChI is InChI=1S/C11H14FN/c1-13(11-6-7-11)8-9-2-4-10(12)5-3-9/h2-5,11H,6-8H2,1H3. The lowest BCUT2D eigenvalue weighted by Gasteiger charge is -2.15. The van der Waals surface area contributed by atoms with E-state index in [0.29, 0.717) is 0 Å². The summed E-state index contributed by atoms with van der Waals surface area (Å²) < 4.78 is 12.6. The average Bonchev–Trinajstić information content (AvgIpc) is 2.91. The molecule has 0 radical (unpaired) electrons. The van der Waals surface area contributed by atoms with E-state index in [1.54, 1.807) is 0 Å². The summed E-state index contributed by atoms with van der Waals surface area (Å²) in [5.41, 5.74) is 1.19. The van der Waals surface area contributed by atoms with Crippen LogP contribution >= 0.6 is 0 Å². The Morgan fingerprint density at radius 1 is 1.31 bits per heavy atom. The van der Waals surface area contributed by atoms with Crippen LogP contribution in [0.25, 0.3) is 0 Å². The van der Waals surface area contributed by atoms with E-state index in [9.17, 15) is 4.39 Å². The van der Waals surface area contributed by atoms with Crippen molar-refractivity contribution in [3.05, 3.63) is 35.6 Å². The lowest BCUT2D eigenvalue weighted by atomic mass is 10.2. The molecule has 1 aromatic rings. The minimum atomic E-state index is -0.155. The molecule has 1 aromatic carbocycles. The molecule has 0 heterocycles. The summed E-state index contributed by atoms with van der Waals surface area (Å²) in [5.74, 6) is -0.155. The molecule has 0 aliphatic heterocycles. The summed E-state index contributed by atoms with van der Waals surface area (Å²) in [6.45, 7) is 0.935. The van der Waals surface area contributed by atoms with Crippen LogP contribution in [0, 0.1) is 5.82 Å². The molecule has 1 aliphatic rings. The fourth-order valence-electron chi connectivity index (χ4n) is 1.52. The first-order valence-corrected chi connectivity index (χ1v) is 4.70. The Bertz CT molecular complexity index is 277. The molecule has 1 saturated carbocycles. The van der Waals surface area contributed by atoms with Crippen molar-refractivity contribution in [1.82, 2.24) is 4.90 Å². The van der Waals surface area contributed by atoms with Crippen LogP contribution in [0.3, 0.4) is 0 Å². The van der Waals surface area contributed by atoms with Crippen LogP contribution in [0.4, 0.5) is 4.39 Å². The molecule has 0 atom stereocenters. The van der Waals surface area contributed by atoms with Crippen LogP contribution in [0.2, 0.25) is 0 Å². The summed E-state index contributed by atoms with van der Waals surface area (Å²) in [6, 6.07) is 7.53. The quantitative estimate of drug-likeness (QED) is 0.688. The lowest BCUT2D eigenvalue weighted by molar-refractivity contribution is 0.316. The molecule has 0 saturated heterocycles. The van der Waals surface area contributed by atoms with Gasteiger partial charge in [0.2, 0.25) is 0 Å². The summed E-state index contributed by atoms with van der Waals surface area (Å²) in [5, 5.41) is 0. The molecule has 0 bridgehead atoms. The van der Waals surface area contributed by atoms with Gasteiger partial charge in [-0.15, -0.1) is 0 Å². The van der Waals surface area contributed by atoms with Crippen molar-refractivity contribution in [3.8, 4) is 0 Å². The molecule has 0 spiro atoms. The van der Waals surface area contributed by atoms with Gasteiger partial charge in [0, 0.05) is 12.6 Å². The van der Waals surface area contributed by atoms with Crippen molar-refractivity contribution < 1.29 is 4.39 Å². The molecule has 0 N–H and O–H groups in total. The maximum Gasteiger partial charge on any atom is 0.123 e. The minimum absolute atomic E-state index is 0.155. The highest BCUT2D eigenvalue weighted by molar-refractivity contribution is 5.16. The van der Waals surface area contributed by atoms with Gasteiger partial charge in [0.15, 0.2) is 0 Å². The van der Waals surface area contributed by atoms with Gasteiger partial charge in [-0.2, -0.15) is 0 Å². The van der Waals surface area contributed by atoms with Gasteiger partial charge in [-0.3, -0.25) is 4.90 Å². The monoisotopic (exact) mass is 179 g/mol. The van der Waals surface area contributed by atoms with Gasteiger partial charge < -0.3 is 0 Å². The van der Waals surface area contributed by atoms with Crippen LogP contribution < -0.4 is 0 Å². The molecule has 2 rings (SSSR count). The Balaban J connectivity index is 1.96. The largest absolute Gasteiger partial charge is 0.299 e. The first-order valence-electron chi connectivity index (χ1n) is 4.70. The average molecular weight is 179 g/mol. The smallest absolute Gasteiger partial charge is 0.123 e. The van der Waals surface area contributed by atoms with Crippen molar-refractivity contribution in [2.45, 2.75) is 25.4 Å². The number of benzene rings is 1. The third kappa shape index (κ3) is 2.28.